The lowest BCUT2D eigenvalue weighted by atomic mass is 10.00. The summed E-state index contributed by atoms with van der Waals surface area (Å²) >= 11 is 6.13. The first kappa shape index (κ1) is 17.0. The van der Waals surface area contributed by atoms with E-state index < -0.39 is 6.29 Å². The lowest BCUT2D eigenvalue weighted by Crippen LogP contribution is -2.11. The predicted octanol–water partition coefficient (Wildman–Crippen LogP) is 4.33. The number of pyridine rings is 1. The predicted molar refractivity (Wildman–Crippen MR) is 90.1 cm³/mol. The average molecular weight is 323 g/mol. The molecule has 0 amide bonds. The van der Waals surface area contributed by atoms with Gasteiger partial charge < -0.3 is 14.8 Å². The molecule has 0 atom stereocenters. The molecule has 1 aromatic rings. The minimum atomic E-state index is -0.396. The summed E-state index contributed by atoms with van der Waals surface area (Å²) in [6, 6.07) is 2.03. The molecule has 0 saturated carbocycles. The van der Waals surface area contributed by atoms with Crippen molar-refractivity contribution in [2.24, 2.45) is 0 Å². The number of hydrogen-bond donors (Lipinski definition) is 1. The van der Waals surface area contributed by atoms with Crippen molar-refractivity contribution in [3.05, 3.63) is 45.8 Å². The van der Waals surface area contributed by atoms with E-state index in [0.29, 0.717) is 0 Å². The second-order valence-corrected chi connectivity index (χ2v) is 5.90. The van der Waals surface area contributed by atoms with E-state index in [4.69, 9.17) is 21.1 Å². The summed E-state index contributed by atoms with van der Waals surface area (Å²) in [6.45, 7) is 4.79. The molecule has 1 N–H and O–H groups in total. The Balaban J connectivity index is 2.08. The number of halogens is 1. The van der Waals surface area contributed by atoms with E-state index in [1.807, 2.05) is 19.2 Å². The first-order valence-corrected chi connectivity index (χ1v) is 7.73. The fourth-order valence-electron chi connectivity index (χ4n) is 2.51. The lowest BCUT2D eigenvalue weighted by Gasteiger charge is -2.18. The Morgan fingerprint density at radius 1 is 1.27 bits per heavy atom. The van der Waals surface area contributed by atoms with Crippen LogP contribution in [0.1, 0.15) is 37.3 Å². The summed E-state index contributed by atoms with van der Waals surface area (Å²) < 4.78 is 10.6. The highest BCUT2D eigenvalue weighted by atomic mass is 35.5. The third-order valence-corrected chi connectivity index (χ3v) is 4.33. The maximum absolute atomic E-state index is 6.13. The Hall–Kier alpha value is -1.36. The molecule has 0 fully saturated rings. The van der Waals surface area contributed by atoms with E-state index in [1.165, 1.54) is 5.57 Å². The van der Waals surface area contributed by atoms with Crippen molar-refractivity contribution in [1.82, 2.24) is 4.98 Å². The zero-order valence-corrected chi connectivity index (χ0v) is 14.3. The number of hydrogen-bond acceptors (Lipinski definition) is 4. The SMILES string of the molecule is COC(OC)c1cc(NCC2=CC(C)=C(Cl)CC2)cnc1C. The normalized spacial score (nSPS) is 15.3. The summed E-state index contributed by atoms with van der Waals surface area (Å²) in [5.41, 5.74) is 5.30. The summed E-state index contributed by atoms with van der Waals surface area (Å²) in [5.74, 6) is 0. The first-order valence-electron chi connectivity index (χ1n) is 7.35. The van der Waals surface area contributed by atoms with Gasteiger partial charge in [-0.05, 0) is 38.3 Å². The van der Waals surface area contributed by atoms with E-state index >= 15 is 0 Å². The fourth-order valence-corrected chi connectivity index (χ4v) is 2.66. The van der Waals surface area contributed by atoms with Gasteiger partial charge in [-0.1, -0.05) is 23.3 Å². The molecule has 0 aliphatic heterocycles. The third-order valence-electron chi connectivity index (χ3n) is 3.84. The topological polar surface area (TPSA) is 43.4 Å². The molecule has 5 heteroatoms. The highest BCUT2D eigenvalue weighted by molar-refractivity contribution is 6.30. The first-order chi connectivity index (χ1) is 10.5. The van der Waals surface area contributed by atoms with Gasteiger partial charge in [0.2, 0.25) is 0 Å². The molecular formula is C17H23ClN2O2. The molecule has 1 heterocycles. The monoisotopic (exact) mass is 322 g/mol. The summed E-state index contributed by atoms with van der Waals surface area (Å²) in [7, 11) is 3.25. The smallest absolute Gasteiger partial charge is 0.184 e. The van der Waals surface area contributed by atoms with Crippen molar-refractivity contribution in [2.45, 2.75) is 33.0 Å². The maximum Gasteiger partial charge on any atom is 0.184 e. The van der Waals surface area contributed by atoms with Crippen LogP contribution >= 0.6 is 11.6 Å². The zero-order valence-electron chi connectivity index (χ0n) is 13.6. The molecule has 0 radical (unpaired) electrons. The van der Waals surface area contributed by atoms with Gasteiger partial charge in [0.15, 0.2) is 6.29 Å². The Morgan fingerprint density at radius 3 is 2.64 bits per heavy atom. The van der Waals surface area contributed by atoms with E-state index in [9.17, 15) is 0 Å². The van der Waals surface area contributed by atoms with Crippen molar-refractivity contribution in [2.75, 3.05) is 26.1 Å². The van der Waals surface area contributed by atoms with Crippen LogP contribution in [0.2, 0.25) is 0 Å². The fraction of sp³-hybridized carbons (Fsp3) is 0.471. The minimum Gasteiger partial charge on any atom is -0.380 e. The summed E-state index contributed by atoms with van der Waals surface area (Å²) in [6.07, 6.45) is 5.52. The Morgan fingerprint density at radius 2 is 2.00 bits per heavy atom. The van der Waals surface area contributed by atoms with Crippen LogP contribution in [0.25, 0.3) is 0 Å². The zero-order chi connectivity index (χ0) is 16.1. The molecule has 22 heavy (non-hydrogen) atoms. The molecule has 0 bridgehead atoms. The van der Waals surface area contributed by atoms with Crippen molar-refractivity contribution >= 4 is 17.3 Å². The number of nitrogens with zero attached hydrogens (tertiary/aromatic N) is 1. The van der Waals surface area contributed by atoms with Crippen LogP contribution in [0.3, 0.4) is 0 Å². The van der Waals surface area contributed by atoms with Crippen LogP contribution in [0.15, 0.2) is 34.5 Å². The minimum absolute atomic E-state index is 0.396. The van der Waals surface area contributed by atoms with Crippen molar-refractivity contribution < 1.29 is 9.47 Å². The molecule has 2 rings (SSSR count). The third kappa shape index (κ3) is 4.09. The van der Waals surface area contributed by atoms with Crippen LogP contribution in [-0.4, -0.2) is 25.7 Å². The number of methoxy groups -OCH3 is 2. The van der Waals surface area contributed by atoms with E-state index in [2.05, 4.69) is 23.3 Å². The van der Waals surface area contributed by atoms with Crippen LogP contribution in [0.5, 0.6) is 0 Å². The molecule has 0 unspecified atom stereocenters. The van der Waals surface area contributed by atoms with Crippen molar-refractivity contribution in [3.8, 4) is 0 Å². The van der Waals surface area contributed by atoms with Crippen molar-refractivity contribution in [1.29, 1.82) is 0 Å². The van der Waals surface area contributed by atoms with Crippen LogP contribution < -0.4 is 5.32 Å². The lowest BCUT2D eigenvalue weighted by molar-refractivity contribution is -0.106. The second-order valence-electron chi connectivity index (χ2n) is 5.45. The van der Waals surface area contributed by atoms with Gasteiger partial charge in [0, 0.05) is 37.1 Å². The molecule has 120 valence electrons. The summed E-state index contributed by atoms with van der Waals surface area (Å²) in [5, 5.41) is 4.38. The molecule has 0 spiro atoms. The van der Waals surface area contributed by atoms with Gasteiger partial charge in [-0.2, -0.15) is 0 Å². The molecule has 1 aliphatic carbocycles. The Bertz CT molecular complexity index is 592. The van der Waals surface area contributed by atoms with Gasteiger partial charge in [-0.15, -0.1) is 0 Å². The molecule has 0 aromatic carbocycles. The van der Waals surface area contributed by atoms with Gasteiger partial charge in [0.05, 0.1) is 11.9 Å². The number of aromatic nitrogens is 1. The maximum atomic E-state index is 6.13. The van der Waals surface area contributed by atoms with E-state index in [1.54, 1.807) is 14.2 Å². The molecule has 0 saturated heterocycles. The van der Waals surface area contributed by atoms with Crippen LogP contribution in [0.4, 0.5) is 5.69 Å². The largest absolute Gasteiger partial charge is 0.380 e. The number of aryl methyl sites for hydroxylation is 1. The van der Waals surface area contributed by atoms with Gasteiger partial charge in [-0.25, -0.2) is 0 Å². The highest BCUT2D eigenvalue weighted by Gasteiger charge is 2.14. The van der Waals surface area contributed by atoms with E-state index in [-0.39, 0.29) is 0 Å². The van der Waals surface area contributed by atoms with Crippen LogP contribution in [0, 0.1) is 6.92 Å². The number of rotatable bonds is 6. The van der Waals surface area contributed by atoms with Gasteiger partial charge in [-0.3, -0.25) is 4.98 Å². The average Bonchev–Trinajstić information content (AvgIpc) is 2.52. The molecule has 4 nitrogen and oxygen atoms in total. The van der Waals surface area contributed by atoms with Gasteiger partial charge >= 0.3 is 0 Å². The standard InChI is InChI=1S/C17H23ClN2O2/c1-11-7-13(5-6-16(11)18)9-20-14-8-15(12(2)19-10-14)17(21-3)22-4/h7-8,10,17,20H,5-6,9H2,1-4H3. The van der Waals surface area contributed by atoms with Gasteiger partial charge in [0.25, 0.3) is 0 Å². The number of ether oxygens (including phenoxy) is 2. The van der Waals surface area contributed by atoms with Crippen LogP contribution in [-0.2, 0) is 9.47 Å². The second kappa shape index (κ2) is 7.77. The van der Waals surface area contributed by atoms with E-state index in [0.717, 1.165) is 46.9 Å². The number of allylic oxidation sites excluding steroid dienone is 3. The van der Waals surface area contributed by atoms with Gasteiger partial charge in [0.1, 0.15) is 0 Å². The molecule has 1 aromatic heterocycles. The number of anilines is 1. The summed E-state index contributed by atoms with van der Waals surface area (Å²) in [4.78, 5) is 4.41. The highest BCUT2D eigenvalue weighted by Crippen LogP contribution is 2.27. The molecule has 1 aliphatic rings. The number of nitrogens with one attached hydrogen (secondary N) is 1. The molecular weight excluding hydrogens is 300 g/mol. The quantitative estimate of drug-likeness (QED) is 0.792. The Kier molecular flexibility index (Phi) is 6.00. The van der Waals surface area contributed by atoms with Crippen molar-refractivity contribution in [3.63, 3.8) is 0 Å². The Labute approximate surface area is 137 Å².